The van der Waals surface area contributed by atoms with Gasteiger partial charge in [0.05, 0.1) is 0 Å². The maximum absolute atomic E-state index is 7.33. The molecular weight excluding hydrogens is 312 g/mol. The third-order valence-electron chi connectivity index (χ3n) is 0. The molecule has 11 heavy (non-hydrogen) atoms. The number of hydrogen-bond donors (Lipinski definition) is 4. The number of hydrogen-bond acceptors (Lipinski definition) is 4. The maximum atomic E-state index is 7.33. The summed E-state index contributed by atoms with van der Waals surface area (Å²) >= 11 is 0. The van der Waals surface area contributed by atoms with E-state index in [0.717, 1.165) is 0 Å². The van der Waals surface area contributed by atoms with Crippen molar-refractivity contribution in [3.8, 4) is 0 Å². The second kappa shape index (κ2) is 23.6. The van der Waals surface area contributed by atoms with Gasteiger partial charge in [-0.3, -0.25) is 4.70 Å². The van der Waals surface area contributed by atoms with Crippen molar-refractivity contribution in [2.24, 2.45) is 0 Å². The van der Waals surface area contributed by atoms with Crippen molar-refractivity contribution in [3.63, 3.8) is 0 Å². The van der Waals surface area contributed by atoms with E-state index in [9.17, 15) is 0 Å². The zero-order valence-corrected chi connectivity index (χ0v) is 13.0. The first-order chi connectivity index (χ1) is 2.00. The van der Waals surface area contributed by atoms with Crippen molar-refractivity contribution >= 4 is 49.5 Å². The van der Waals surface area contributed by atoms with E-state index < -0.39 is 9.05 Å². The fourth-order valence-corrected chi connectivity index (χ4v) is 0. The molecule has 0 aliphatic heterocycles. The van der Waals surface area contributed by atoms with Crippen molar-refractivity contribution in [1.82, 2.24) is 0 Å². The van der Waals surface area contributed by atoms with Crippen LogP contribution >= 0.6 is 0 Å². The molecule has 0 bridgehead atoms. The SMILES string of the molecule is F.O[Si](O)(O)O.[AlH3].[Fe].[H-].[H-].[H-].[K+].[Mg+2].[Mn]. The third kappa shape index (κ3) is 127. The smallest absolute Gasteiger partial charge is 1.00 e. The van der Waals surface area contributed by atoms with E-state index in [4.69, 9.17) is 19.2 Å². The van der Waals surface area contributed by atoms with Crippen LogP contribution in [-0.4, -0.2) is 68.6 Å². The molecule has 0 atom stereocenters. The van der Waals surface area contributed by atoms with E-state index in [1.165, 1.54) is 0 Å². The molecular formula is H11AlFFeKMgMnO4Si. The first kappa shape index (κ1) is 46.0. The standard InChI is InChI=1S/Al.FH.Fe.K.Mg.Mn.H4O4Si.6H/c;;;;;;1-5(2,3)4;;;;;;/h;1H;;;;;1-4H;;;;;;/q;;;+1;+2;;;;;;3*-1. The first-order valence-corrected chi connectivity index (χ1v) is 2.68. The Bertz CT molecular complexity index is 56.1. The van der Waals surface area contributed by atoms with E-state index in [0.29, 0.717) is 0 Å². The van der Waals surface area contributed by atoms with E-state index in [2.05, 4.69) is 0 Å². The van der Waals surface area contributed by atoms with E-state index >= 15 is 0 Å². The van der Waals surface area contributed by atoms with Crippen LogP contribution in [0.1, 0.15) is 4.28 Å². The molecule has 67 valence electrons. The summed E-state index contributed by atoms with van der Waals surface area (Å²) in [5, 5.41) is 0. The van der Waals surface area contributed by atoms with E-state index in [1.807, 2.05) is 0 Å². The summed E-state index contributed by atoms with van der Waals surface area (Å²) in [6.07, 6.45) is 0. The van der Waals surface area contributed by atoms with E-state index in [-0.39, 0.29) is 135 Å². The monoisotopic (exact) mass is 323 g/mol. The van der Waals surface area contributed by atoms with Gasteiger partial charge in [0, 0.05) is 34.1 Å². The molecule has 0 spiro atoms. The van der Waals surface area contributed by atoms with E-state index in [1.54, 1.807) is 0 Å². The molecule has 0 unspecified atom stereocenters. The molecule has 0 aromatic carbocycles. The van der Waals surface area contributed by atoms with Gasteiger partial charge in [0.2, 0.25) is 0 Å². The number of halogens is 1. The van der Waals surface area contributed by atoms with Crippen molar-refractivity contribution in [2.75, 3.05) is 0 Å². The Morgan fingerprint density at radius 1 is 1.00 bits per heavy atom. The normalized spacial score (nSPS) is 5.45. The van der Waals surface area contributed by atoms with Crippen molar-refractivity contribution in [3.05, 3.63) is 0 Å². The molecule has 0 amide bonds. The summed E-state index contributed by atoms with van der Waals surface area (Å²) in [5.74, 6) is 0. The maximum Gasteiger partial charge on any atom is 2.00 e. The quantitative estimate of drug-likeness (QED) is 0.334. The fourth-order valence-electron chi connectivity index (χ4n) is 0. The van der Waals surface area contributed by atoms with Crippen molar-refractivity contribution in [2.45, 2.75) is 0 Å². The van der Waals surface area contributed by atoms with Crippen LogP contribution in [0.4, 0.5) is 4.70 Å². The Morgan fingerprint density at radius 3 is 1.00 bits per heavy atom. The third-order valence-corrected chi connectivity index (χ3v) is 0. The molecule has 0 rings (SSSR count). The Kier molecular flexibility index (Phi) is 98.9. The van der Waals surface area contributed by atoms with Crippen LogP contribution in [-0.2, 0) is 34.1 Å². The van der Waals surface area contributed by atoms with Gasteiger partial charge in [0.15, 0.2) is 17.4 Å². The average molecular weight is 323 g/mol. The van der Waals surface area contributed by atoms with Gasteiger partial charge in [-0.25, -0.2) is 0 Å². The topological polar surface area (TPSA) is 80.9 Å². The summed E-state index contributed by atoms with van der Waals surface area (Å²) < 4.78 is 0. The van der Waals surface area contributed by atoms with Crippen molar-refractivity contribution in [1.29, 1.82) is 0 Å². The van der Waals surface area contributed by atoms with Crippen molar-refractivity contribution < 1.29 is 114 Å². The van der Waals surface area contributed by atoms with Crippen LogP contribution < -0.4 is 51.4 Å². The second-order valence-corrected chi connectivity index (χ2v) is 1.80. The van der Waals surface area contributed by atoms with Gasteiger partial charge in [0.1, 0.15) is 0 Å². The molecule has 0 aliphatic carbocycles. The van der Waals surface area contributed by atoms with Crippen LogP contribution in [0, 0.1) is 0 Å². The second-order valence-electron chi connectivity index (χ2n) is 0.600. The zero-order chi connectivity index (χ0) is 4.50. The van der Waals surface area contributed by atoms with Gasteiger partial charge >= 0.3 is 83.5 Å². The number of rotatable bonds is 0. The van der Waals surface area contributed by atoms with Crippen LogP contribution in [0.15, 0.2) is 0 Å². The Morgan fingerprint density at radius 2 is 1.00 bits per heavy atom. The van der Waals surface area contributed by atoms with Crippen LogP contribution in [0.3, 0.4) is 0 Å². The predicted octanol–water partition coefficient (Wildman–Crippen LogP) is -6.68. The summed E-state index contributed by atoms with van der Waals surface area (Å²) in [6, 6.07) is 0. The van der Waals surface area contributed by atoms with Gasteiger partial charge in [-0.05, 0) is 0 Å². The summed E-state index contributed by atoms with van der Waals surface area (Å²) in [6.45, 7) is 0. The largest absolute Gasteiger partial charge is 2.00 e. The molecule has 0 aliphatic rings. The molecule has 0 saturated heterocycles. The molecule has 0 aromatic heterocycles. The Balaban J connectivity index is -0.00000000222. The van der Waals surface area contributed by atoms with Gasteiger partial charge in [-0.15, -0.1) is 0 Å². The van der Waals surface area contributed by atoms with Gasteiger partial charge in [-0.2, -0.15) is 0 Å². The Labute approximate surface area is 160 Å². The minimum Gasteiger partial charge on any atom is -1.00 e. The minimum absolute atomic E-state index is 0. The molecule has 4 N–H and O–H groups in total. The minimum atomic E-state index is -4.61. The average Bonchev–Trinajstić information content (AvgIpc) is 0.722. The molecule has 0 heterocycles. The Hall–Kier alpha value is 3.96. The van der Waals surface area contributed by atoms with Gasteiger partial charge < -0.3 is 23.5 Å². The predicted molar refractivity (Wildman–Crippen MR) is 36.2 cm³/mol. The van der Waals surface area contributed by atoms with Gasteiger partial charge in [-0.1, -0.05) is 0 Å². The van der Waals surface area contributed by atoms with Gasteiger partial charge in [0.25, 0.3) is 0 Å². The fraction of sp³-hybridized carbons (Fsp3) is 0. The molecule has 1 radical (unpaired) electrons. The molecule has 0 saturated carbocycles. The molecule has 4 nitrogen and oxygen atoms in total. The molecule has 0 aromatic rings. The van der Waals surface area contributed by atoms with Crippen LogP contribution in [0.2, 0.25) is 0 Å². The zero-order valence-electron chi connectivity index (χ0n) is 8.14. The van der Waals surface area contributed by atoms with Crippen LogP contribution in [0.25, 0.3) is 0 Å². The summed E-state index contributed by atoms with van der Waals surface area (Å²) in [4.78, 5) is 29.3. The van der Waals surface area contributed by atoms with Crippen LogP contribution in [0.5, 0.6) is 0 Å². The first-order valence-electron chi connectivity index (χ1n) is 0.894. The summed E-state index contributed by atoms with van der Waals surface area (Å²) in [5.41, 5.74) is 0. The molecule has 0 fully saturated rings. The summed E-state index contributed by atoms with van der Waals surface area (Å²) in [7, 11) is -4.61. The molecule has 11 heteroatoms.